The van der Waals surface area contributed by atoms with Crippen LogP contribution >= 0.6 is 0 Å². The zero-order valence-electron chi connectivity index (χ0n) is 13.6. The van der Waals surface area contributed by atoms with Gasteiger partial charge in [0.1, 0.15) is 0 Å². The molecule has 0 aliphatic heterocycles. The van der Waals surface area contributed by atoms with Crippen molar-refractivity contribution in [3.63, 3.8) is 0 Å². The molecule has 0 saturated heterocycles. The van der Waals surface area contributed by atoms with Gasteiger partial charge in [-0.2, -0.15) is 0 Å². The van der Waals surface area contributed by atoms with Crippen molar-refractivity contribution in [3.05, 3.63) is 77.5 Å². The maximum Gasteiger partial charge on any atom is 0.255 e. The summed E-state index contributed by atoms with van der Waals surface area (Å²) in [7, 11) is 0. The molecule has 126 valence electrons. The molecule has 6 heteroatoms. The molecular formula is C19H19N5O. The molecule has 0 spiro atoms. The Balaban J connectivity index is 1.80. The van der Waals surface area contributed by atoms with Crippen LogP contribution in [0.5, 0.6) is 0 Å². The van der Waals surface area contributed by atoms with Gasteiger partial charge in [-0.05, 0) is 11.1 Å². The fourth-order valence-corrected chi connectivity index (χ4v) is 2.45. The van der Waals surface area contributed by atoms with Crippen LogP contribution in [-0.2, 0) is 13.1 Å². The van der Waals surface area contributed by atoms with Crippen molar-refractivity contribution in [2.75, 3.05) is 5.73 Å². The van der Waals surface area contributed by atoms with E-state index in [1.54, 1.807) is 0 Å². The lowest BCUT2D eigenvalue weighted by molar-refractivity contribution is 0.0951. The summed E-state index contributed by atoms with van der Waals surface area (Å²) in [5.74, 6) is -0.116. The van der Waals surface area contributed by atoms with E-state index in [-0.39, 0.29) is 11.9 Å². The third kappa shape index (κ3) is 3.99. The van der Waals surface area contributed by atoms with Gasteiger partial charge >= 0.3 is 0 Å². The van der Waals surface area contributed by atoms with Gasteiger partial charge in [0.2, 0.25) is 5.95 Å². The van der Waals surface area contributed by atoms with E-state index in [1.807, 2.05) is 54.6 Å². The Morgan fingerprint density at radius 1 is 1.00 bits per heavy atom. The van der Waals surface area contributed by atoms with Crippen LogP contribution in [0.4, 0.5) is 5.95 Å². The molecule has 0 aliphatic rings. The first-order chi connectivity index (χ1) is 12.2. The van der Waals surface area contributed by atoms with Crippen molar-refractivity contribution in [1.82, 2.24) is 15.3 Å². The van der Waals surface area contributed by atoms with Crippen LogP contribution < -0.4 is 16.8 Å². The first-order valence-electron chi connectivity index (χ1n) is 7.91. The molecule has 6 nitrogen and oxygen atoms in total. The Labute approximate surface area is 145 Å². The van der Waals surface area contributed by atoms with E-state index in [0.717, 1.165) is 16.7 Å². The molecule has 2 aromatic carbocycles. The normalized spacial score (nSPS) is 10.4. The lowest BCUT2D eigenvalue weighted by atomic mass is 10.1. The highest BCUT2D eigenvalue weighted by Gasteiger charge is 2.15. The highest BCUT2D eigenvalue weighted by Crippen LogP contribution is 2.21. The molecule has 0 saturated carbocycles. The van der Waals surface area contributed by atoms with Gasteiger partial charge in [0.15, 0.2) is 0 Å². The fourth-order valence-electron chi connectivity index (χ4n) is 2.45. The summed E-state index contributed by atoms with van der Waals surface area (Å²) in [5.41, 5.74) is 15.0. The van der Waals surface area contributed by atoms with Gasteiger partial charge in [0.05, 0.1) is 11.3 Å². The zero-order valence-corrected chi connectivity index (χ0v) is 13.6. The molecule has 0 fully saturated rings. The maximum atomic E-state index is 12.6. The second kappa shape index (κ2) is 7.55. The van der Waals surface area contributed by atoms with E-state index in [0.29, 0.717) is 24.3 Å². The lowest BCUT2D eigenvalue weighted by Crippen LogP contribution is -2.24. The zero-order chi connectivity index (χ0) is 17.6. The minimum atomic E-state index is -0.248. The van der Waals surface area contributed by atoms with Gasteiger partial charge in [0.25, 0.3) is 5.91 Å². The maximum absolute atomic E-state index is 12.6. The molecule has 0 unspecified atom stereocenters. The van der Waals surface area contributed by atoms with Crippen molar-refractivity contribution in [2.45, 2.75) is 13.1 Å². The van der Waals surface area contributed by atoms with Gasteiger partial charge in [-0.1, -0.05) is 54.6 Å². The highest BCUT2D eigenvalue weighted by atomic mass is 16.1. The van der Waals surface area contributed by atoms with Gasteiger partial charge in [-0.3, -0.25) is 4.79 Å². The summed E-state index contributed by atoms with van der Waals surface area (Å²) in [6.45, 7) is 0.901. The van der Waals surface area contributed by atoms with Gasteiger partial charge in [-0.15, -0.1) is 0 Å². The number of carbonyl (C=O) groups excluding carboxylic acids is 1. The number of anilines is 1. The first kappa shape index (κ1) is 16.6. The SMILES string of the molecule is NCc1ccc(CNC(=O)c2cnc(N)nc2-c2ccccc2)cc1. The molecule has 1 amide bonds. The van der Waals surface area contributed by atoms with Crippen molar-refractivity contribution in [2.24, 2.45) is 5.73 Å². The third-order valence-electron chi connectivity index (χ3n) is 3.81. The van der Waals surface area contributed by atoms with E-state index in [1.165, 1.54) is 6.20 Å². The Morgan fingerprint density at radius 2 is 1.68 bits per heavy atom. The Morgan fingerprint density at radius 3 is 2.36 bits per heavy atom. The van der Waals surface area contributed by atoms with E-state index >= 15 is 0 Å². The van der Waals surface area contributed by atoms with E-state index in [2.05, 4.69) is 15.3 Å². The van der Waals surface area contributed by atoms with Crippen molar-refractivity contribution >= 4 is 11.9 Å². The monoisotopic (exact) mass is 333 g/mol. The summed E-state index contributed by atoms with van der Waals surface area (Å²) >= 11 is 0. The summed E-state index contributed by atoms with van der Waals surface area (Å²) < 4.78 is 0. The Kier molecular flexibility index (Phi) is 5.01. The summed E-state index contributed by atoms with van der Waals surface area (Å²) in [5, 5.41) is 2.89. The molecule has 3 aromatic rings. The second-order valence-corrected chi connectivity index (χ2v) is 5.56. The minimum absolute atomic E-state index is 0.132. The van der Waals surface area contributed by atoms with Crippen molar-refractivity contribution < 1.29 is 4.79 Å². The van der Waals surface area contributed by atoms with Crippen molar-refractivity contribution in [3.8, 4) is 11.3 Å². The lowest BCUT2D eigenvalue weighted by Gasteiger charge is -2.10. The molecule has 25 heavy (non-hydrogen) atoms. The summed E-state index contributed by atoms with van der Waals surface area (Å²) in [4.78, 5) is 20.8. The molecule has 1 aromatic heterocycles. The standard InChI is InChI=1S/C19H19N5O/c20-10-13-6-8-14(9-7-13)11-22-18(25)16-12-23-19(21)24-17(16)15-4-2-1-3-5-15/h1-9,12H,10-11,20H2,(H,22,25)(H2,21,23,24). The van der Waals surface area contributed by atoms with Crippen molar-refractivity contribution in [1.29, 1.82) is 0 Å². The number of nitrogen functional groups attached to an aromatic ring is 1. The van der Waals surface area contributed by atoms with E-state index < -0.39 is 0 Å². The van der Waals surface area contributed by atoms with Crippen LogP contribution in [0, 0.1) is 0 Å². The molecule has 0 radical (unpaired) electrons. The van der Waals surface area contributed by atoms with Crippen LogP contribution in [0.3, 0.4) is 0 Å². The number of benzene rings is 2. The van der Waals surface area contributed by atoms with Crippen LogP contribution in [0.2, 0.25) is 0 Å². The van der Waals surface area contributed by atoms with E-state index in [4.69, 9.17) is 11.5 Å². The number of hydrogen-bond acceptors (Lipinski definition) is 5. The number of amides is 1. The van der Waals surface area contributed by atoms with Crippen LogP contribution in [0.15, 0.2) is 60.8 Å². The largest absolute Gasteiger partial charge is 0.368 e. The average molecular weight is 333 g/mol. The fraction of sp³-hybridized carbons (Fsp3) is 0.105. The van der Waals surface area contributed by atoms with Gasteiger partial charge in [0, 0.05) is 24.8 Å². The number of nitrogens with zero attached hydrogens (tertiary/aromatic N) is 2. The smallest absolute Gasteiger partial charge is 0.255 e. The van der Waals surface area contributed by atoms with Gasteiger partial charge in [-0.25, -0.2) is 9.97 Å². The minimum Gasteiger partial charge on any atom is -0.368 e. The van der Waals surface area contributed by atoms with E-state index in [9.17, 15) is 4.79 Å². The quantitative estimate of drug-likeness (QED) is 0.663. The summed E-state index contributed by atoms with van der Waals surface area (Å²) in [6, 6.07) is 17.2. The predicted molar refractivity (Wildman–Crippen MR) is 97.4 cm³/mol. The summed E-state index contributed by atoms with van der Waals surface area (Å²) in [6.07, 6.45) is 1.46. The Bertz CT molecular complexity index is 863. The Hall–Kier alpha value is -3.25. The number of carbonyl (C=O) groups is 1. The second-order valence-electron chi connectivity index (χ2n) is 5.56. The molecule has 0 aliphatic carbocycles. The number of hydrogen-bond donors (Lipinski definition) is 3. The first-order valence-corrected chi connectivity index (χ1v) is 7.91. The van der Waals surface area contributed by atoms with Crippen LogP contribution in [-0.4, -0.2) is 15.9 Å². The third-order valence-corrected chi connectivity index (χ3v) is 3.81. The molecule has 0 bridgehead atoms. The van der Waals surface area contributed by atoms with Crippen LogP contribution in [0.1, 0.15) is 21.5 Å². The number of aromatic nitrogens is 2. The average Bonchev–Trinajstić information content (AvgIpc) is 2.67. The van der Waals surface area contributed by atoms with Gasteiger partial charge < -0.3 is 16.8 Å². The predicted octanol–water partition coefficient (Wildman–Crippen LogP) is 2.11. The number of rotatable bonds is 5. The molecule has 3 rings (SSSR count). The molecule has 5 N–H and O–H groups in total. The molecule has 0 atom stereocenters. The topological polar surface area (TPSA) is 107 Å². The molecule has 1 heterocycles. The molecular weight excluding hydrogens is 314 g/mol. The highest BCUT2D eigenvalue weighted by molar-refractivity contribution is 5.99. The van der Waals surface area contributed by atoms with Crippen LogP contribution in [0.25, 0.3) is 11.3 Å². The number of nitrogens with two attached hydrogens (primary N) is 2. The number of nitrogens with one attached hydrogen (secondary N) is 1.